The van der Waals surface area contributed by atoms with E-state index in [4.69, 9.17) is 4.74 Å². The van der Waals surface area contributed by atoms with Crippen LogP contribution in [-0.2, 0) is 16.0 Å². The highest BCUT2D eigenvalue weighted by Crippen LogP contribution is 2.11. The van der Waals surface area contributed by atoms with Crippen LogP contribution in [0.4, 0.5) is 0 Å². The molecule has 0 aliphatic rings. The van der Waals surface area contributed by atoms with Gasteiger partial charge in [0.25, 0.3) is 0 Å². The third-order valence-electron chi connectivity index (χ3n) is 2.48. The predicted molar refractivity (Wildman–Crippen MR) is 77.6 cm³/mol. The summed E-state index contributed by atoms with van der Waals surface area (Å²) in [4.78, 5) is 23.3. The van der Waals surface area contributed by atoms with Gasteiger partial charge in [0.2, 0.25) is 11.8 Å². The Morgan fingerprint density at radius 1 is 1.10 bits per heavy atom. The Morgan fingerprint density at radius 3 is 2.20 bits per heavy atom. The van der Waals surface area contributed by atoms with Crippen LogP contribution in [0.1, 0.15) is 26.3 Å². The fourth-order valence-electron chi connectivity index (χ4n) is 1.63. The van der Waals surface area contributed by atoms with Crippen LogP contribution in [0.5, 0.6) is 5.75 Å². The minimum atomic E-state index is -0.294. The Hall–Kier alpha value is -2.04. The molecule has 5 nitrogen and oxygen atoms in total. The summed E-state index contributed by atoms with van der Waals surface area (Å²) in [5.41, 5.74) is 0.581. The van der Waals surface area contributed by atoms with Crippen molar-refractivity contribution >= 4 is 11.8 Å². The fourth-order valence-corrected chi connectivity index (χ4v) is 1.63. The monoisotopic (exact) mass is 278 g/mol. The van der Waals surface area contributed by atoms with Crippen LogP contribution in [0.15, 0.2) is 24.3 Å². The number of rotatable bonds is 5. The smallest absolute Gasteiger partial charge is 0.239 e. The Kier molecular flexibility index (Phi) is 5.55. The van der Waals surface area contributed by atoms with Crippen LogP contribution in [-0.4, -0.2) is 31.0 Å². The van der Waals surface area contributed by atoms with Crippen LogP contribution < -0.4 is 15.4 Å². The van der Waals surface area contributed by atoms with E-state index in [9.17, 15) is 9.59 Å². The Bertz CT molecular complexity index is 461. The Balaban J connectivity index is 2.38. The molecule has 0 aromatic heterocycles. The van der Waals surface area contributed by atoms with Crippen LogP contribution in [0, 0.1) is 0 Å². The summed E-state index contributed by atoms with van der Waals surface area (Å²) in [6.07, 6.45) is 0.243. The number of carbonyl (C=O) groups excluding carboxylic acids is 2. The van der Waals surface area contributed by atoms with E-state index < -0.39 is 0 Å². The molecule has 1 rings (SSSR count). The van der Waals surface area contributed by atoms with Gasteiger partial charge < -0.3 is 15.4 Å². The van der Waals surface area contributed by atoms with Gasteiger partial charge in [0.15, 0.2) is 0 Å². The number of amides is 2. The molecule has 0 bridgehead atoms. The lowest BCUT2D eigenvalue weighted by atomic mass is 10.1. The molecule has 1 aromatic carbocycles. The second-order valence-corrected chi connectivity index (χ2v) is 5.60. The van der Waals surface area contributed by atoms with Gasteiger partial charge in [-0.15, -0.1) is 0 Å². The van der Waals surface area contributed by atoms with Gasteiger partial charge in [-0.05, 0) is 38.5 Å². The first kappa shape index (κ1) is 16.0. The van der Waals surface area contributed by atoms with Gasteiger partial charge in [-0.25, -0.2) is 0 Å². The minimum absolute atomic E-state index is 0.00768. The molecule has 0 saturated carbocycles. The lowest BCUT2D eigenvalue weighted by Gasteiger charge is -2.20. The number of hydrogen-bond acceptors (Lipinski definition) is 3. The SMILES string of the molecule is COc1ccc(CC(=O)NCC(=O)NC(C)(C)C)cc1. The molecule has 0 aliphatic carbocycles. The first-order chi connectivity index (χ1) is 9.30. The summed E-state index contributed by atoms with van der Waals surface area (Å²) in [5, 5.41) is 5.38. The third kappa shape index (κ3) is 6.22. The van der Waals surface area contributed by atoms with Crippen molar-refractivity contribution < 1.29 is 14.3 Å². The van der Waals surface area contributed by atoms with Crippen LogP contribution in [0.2, 0.25) is 0 Å². The van der Waals surface area contributed by atoms with Gasteiger partial charge in [-0.2, -0.15) is 0 Å². The highest BCUT2D eigenvalue weighted by atomic mass is 16.5. The summed E-state index contributed by atoms with van der Waals surface area (Å²) in [7, 11) is 1.59. The molecule has 0 aliphatic heterocycles. The van der Waals surface area contributed by atoms with Crippen molar-refractivity contribution in [2.45, 2.75) is 32.7 Å². The van der Waals surface area contributed by atoms with Crippen LogP contribution in [0.3, 0.4) is 0 Å². The van der Waals surface area contributed by atoms with E-state index in [1.165, 1.54) is 0 Å². The highest BCUT2D eigenvalue weighted by molar-refractivity contribution is 5.85. The third-order valence-corrected chi connectivity index (χ3v) is 2.48. The molecule has 5 heteroatoms. The highest BCUT2D eigenvalue weighted by Gasteiger charge is 2.14. The summed E-state index contributed by atoms with van der Waals surface area (Å²) >= 11 is 0. The summed E-state index contributed by atoms with van der Waals surface area (Å²) in [6.45, 7) is 5.67. The molecule has 2 amide bonds. The van der Waals surface area contributed by atoms with Crippen LogP contribution >= 0.6 is 0 Å². The van der Waals surface area contributed by atoms with Crippen molar-refractivity contribution in [1.82, 2.24) is 10.6 Å². The van der Waals surface area contributed by atoms with Gasteiger partial charge in [-0.1, -0.05) is 12.1 Å². The number of methoxy groups -OCH3 is 1. The van der Waals surface area contributed by atoms with E-state index >= 15 is 0 Å². The normalized spacial score (nSPS) is 10.8. The first-order valence-electron chi connectivity index (χ1n) is 6.51. The lowest BCUT2D eigenvalue weighted by Crippen LogP contribution is -2.46. The van der Waals surface area contributed by atoms with Crippen molar-refractivity contribution in [2.24, 2.45) is 0 Å². The van der Waals surface area contributed by atoms with Gasteiger partial charge in [-0.3, -0.25) is 9.59 Å². The van der Waals surface area contributed by atoms with Crippen molar-refractivity contribution in [2.75, 3.05) is 13.7 Å². The average molecular weight is 278 g/mol. The summed E-state index contributed by atoms with van der Waals surface area (Å²) < 4.78 is 5.05. The maximum Gasteiger partial charge on any atom is 0.239 e. The quantitative estimate of drug-likeness (QED) is 0.852. The molecule has 0 unspecified atom stereocenters. The standard InChI is InChI=1S/C15H22N2O3/c1-15(2,3)17-14(19)10-16-13(18)9-11-5-7-12(20-4)8-6-11/h5-8H,9-10H2,1-4H3,(H,16,18)(H,17,19). The maximum absolute atomic E-state index is 11.7. The van der Waals surface area contributed by atoms with Crippen LogP contribution in [0.25, 0.3) is 0 Å². The number of carbonyl (C=O) groups is 2. The molecule has 0 fully saturated rings. The minimum Gasteiger partial charge on any atom is -0.497 e. The van der Waals surface area contributed by atoms with Crippen molar-refractivity contribution in [1.29, 1.82) is 0 Å². The van der Waals surface area contributed by atoms with Gasteiger partial charge in [0, 0.05) is 5.54 Å². The zero-order chi connectivity index (χ0) is 15.2. The second-order valence-electron chi connectivity index (χ2n) is 5.60. The number of ether oxygens (including phenoxy) is 1. The molecule has 0 atom stereocenters. The Labute approximate surface area is 119 Å². The number of nitrogens with one attached hydrogen (secondary N) is 2. The van der Waals surface area contributed by atoms with E-state index in [1.54, 1.807) is 19.2 Å². The molecule has 0 spiro atoms. The topological polar surface area (TPSA) is 67.4 Å². The van der Waals surface area contributed by atoms with Crippen molar-refractivity contribution in [3.8, 4) is 5.75 Å². The molecule has 0 saturated heterocycles. The van der Waals surface area contributed by atoms with Gasteiger partial charge in [0.05, 0.1) is 20.1 Å². The molecular formula is C15H22N2O3. The maximum atomic E-state index is 11.7. The summed E-state index contributed by atoms with van der Waals surface area (Å²) in [6, 6.07) is 7.26. The molecule has 110 valence electrons. The van der Waals surface area contributed by atoms with Crippen molar-refractivity contribution in [3.63, 3.8) is 0 Å². The molecule has 1 aromatic rings. The molecule has 20 heavy (non-hydrogen) atoms. The molecule has 0 radical (unpaired) electrons. The van der Waals surface area contributed by atoms with E-state index in [0.29, 0.717) is 0 Å². The zero-order valence-electron chi connectivity index (χ0n) is 12.4. The van der Waals surface area contributed by atoms with E-state index in [0.717, 1.165) is 11.3 Å². The Morgan fingerprint density at radius 2 is 1.70 bits per heavy atom. The largest absolute Gasteiger partial charge is 0.497 e. The predicted octanol–water partition coefficient (Wildman–Crippen LogP) is 1.27. The van der Waals surface area contributed by atoms with Crippen molar-refractivity contribution in [3.05, 3.63) is 29.8 Å². The summed E-state index contributed by atoms with van der Waals surface area (Å²) in [5.74, 6) is 0.374. The van der Waals surface area contributed by atoms with E-state index in [-0.39, 0.29) is 30.3 Å². The molecule has 0 heterocycles. The molecular weight excluding hydrogens is 256 g/mol. The molecule has 2 N–H and O–H groups in total. The zero-order valence-corrected chi connectivity index (χ0v) is 12.4. The lowest BCUT2D eigenvalue weighted by molar-refractivity contribution is -0.126. The average Bonchev–Trinajstić information content (AvgIpc) is 2.35. The van der Waals surface area contributed by atoms with Gasteiger partial charge in [0.1, 0.15) is 5.75 Å². The van der Waals surface area contributed by atoms with E-state index in [1.807, 2.05) is 32.9 Å². The fraction of sp³-hybridized carbons (Fsp3) is 0.467. The van der Waals surface area contributed by atoms with E-state index in [2.05, 4.69) is 10.6 Å². The number of benzene rings is 1. The van der Waals surface area contributed by atoms with Gasteiger partial charge >= 0.3 is 0 Å². The number of hydrogen-bond donors (Lipinski definition) is 2. The second kappa shape index (κ2) is 6.93. The first-order valence-corrected chi connectivity index (χ1v) is 6.51.